The number of carbonyl (C=O) groups is 1. The van der Waals surface area contributed by atoms with E-state index in [1.54, 1.807) is 0 Å². The van der Waals surface area contributed by atoms with Crippen LogP contribution in [0.2, 0.25) is 0 Å². The van der Waals surface area contributed by atoms with Gasteiger partial charge < -0.3 is 9.88 Å². The Kier molecular flexibility index (Phi) is 4.45. The number of fused-ring (bicyclic) bond motifs is 6. The maximum Gasteiger partial charge on any atom is 0.246 e. The molecular weight excluding hydrogens is 394 g/mol. The number of nitrogens with one attached hydrogen (secondary N) is 1. The molecule has 2 aromatic rings. The third-order valence-corrected chi connectivity index (χ3v) is 10.5. The highest BCUT2D eigenvalue weighted by molar-refractivity contribution is 5.89. The number of aromatic amines is 1. The summed E-state index contributed by atoms with van der Waals surface area (Å²) in [6, 6.07) is 6.81. The summed E-state index contributed by atoms with van der Waals surface area (Å²) >= 11 is 0. The monoisotopic (exact) mass is 431 g/mol. The minimum absolute atomic E-state index is 0.140. The van der Waals surface area contributed by atoms with Crippen molar-refractivity contribution < 1.29 is 4.79 Å². The third-order valence-electron chi connectivity index (χ3n) is 10.5. The fourth-order valence-corrected chi connectivity index (χ4v) is 8.74. The van der Waals surface area contributed by atoms with Crippen molar-refractivity contribution in [3.63, 3.8) is 0 Å². The second kappa shape index (κ2) is 6.95. The highest BCUT2D eigenvalue weighted by atomic mass is 16.2. The number of amides is 1. The van der Waals surface area contributed by atoms with Crippen LogP contribution in [0, 0.1) is 41.4 Å². The summed E-state index contributed by atoms with van der Waals surface area (Å²) in [5.41, 5.74) is 4.13. The SMILES string of the molecule is Cc1cccc2[nH]c(CC3CC[C@H]4[C@@H]5CCC6N(C)C(=O)C=C[C@]6(C)[C@@H]5CC[C@]34C)nc12. The molecule has 1 aromatic heterocycles. The van der Waals surface area contributed by atoms with Crippen LogP contribution in [0.3, 0.4) is 0 Å². The summed E-state index contributed by atoms with van der Waals surface area (Å²) in [6.45, 7) is 7.20. The molecule has 3 aliphatic carbocycles. The van der Waals surface area contributed by atoms with Gasteiger partial charge in [0.15, 0.2) is 0 Å². The van der Waals surface area contributed by atoms with E-state index in [2.05, 4.69) is 50.0 Å². The molecule has 6 rings (SSSR count). The molecule has 2 heterocycles. The lowest BCUT2D eigenvalue weighted by Gasteiger charge is -2.60. The fourth-order valence-electron chi connectivity index (χ4n) is 8.74. The lowest BCUT2D eigenvalue weighted by Crippen LogP contribution is -2.59. The lowest BCUT2D eigenvalue weighted by molar-refractivity contribution is -0.138. The van der Waals surface area contributed by atoms with Crippen LogP contribution in [-0.4, -0.2) is 33.9 Å². The van der Waals surface area contributed by atoms with Crippen LogP contribution in [-0.2, 0) is 11.2 Å². The van der Waals surface area contributed by atoms with Gasteiger partial charge in [-0.05, 0) is 92.2 Å². The van der Waals surface area contributed by atoms with Gasteiger partial charge in [0.25, 0.3) is 0 Å². The predicted molar refractivity (Wildman–Crippen MR) is 128 cm³/mol. The molecule has 32 heavy (non-hydrogen) atoms. The fraction of sp³-hybridized carbons (Fsp3) is 0.643. The summed E-state index contributed by atoms with van der Waals surface area (Å²) in [6.07, 6.45) is 13.0. The topological polar surface area (TPSA) is 49.0 Å². The first-order chi connectivity index (χ1) is 15.3. The first-order valence-electron chi connectivity index (χ1n) is 12.7. The van der Waals surface area contributed by atoms with E-state index in [0.29, 0.717) is 23.3 Å². The number of likely N-dealkylation sites (N-methyl/N-ethyl adjacent to an activating group) is 1. The third kappa shape index (κ3) is 2.74. The maximum absolute atomic E-state index is 12.3. The molecule has 1 amide bonds. The standard InChI is InChI=1S/C28H37N3O/c1-17-6-5-7-22-26(17)30-24(29-22)16-18-8-10-20-19-9-11-23-28(3,15-13-25(32)31(23)4)21(19)12-14-27(18,20)2/h5-7,13,15,18-21,23H,8-12,14,16H2,1-4H3,(H,29,30)/t18?,19-,20-,21+,23?,27+,28+/m0/s1. The van der Waals surface area contributed by atoms with Gasteiger partial charge >= 0.3 is 0 Å². The van der Waals surface area contributed by atoms with Crippen molar-refractivity contribution in [1.82, 2.24) is 14.9 Å². The van der Waals surface area contributed by atoms with Crippen molar-refractivity contribution in [2.24, 2.45) is 34.5 Å². The summed E-state index contributed by atoms with van der Waals surface area (Å²) in [5, 5.41) is 0. The molecule has 3 saturated carbocycles. The van der Waals surface area contributed by atoms with Crippen molar-refractivity contribution in [2.75, 3.05) is 7.05 Å². The molecule has 0 spiro atoms. The van der Waals surface area contributed by atoms with E-state index in [-0.39, 0.29) is 11.3 Å². The maximum atomic E-state index is 12.3. The number of para-hydroxylation sites is 1. The first-order valence-corrected chi connectivity index (χ1v) is 12.7. The second-order valence-corrected chi connectivity index (χ2v) is 11.8. The molecule has 7 atom stereocenters. The number of aromatic nitrogens is 2. The van der Waals surface area contributed by atoms with Crippen molar-refractivity contribution in [1.29, 1.82) is 0 Å². The Morgan fingerprint density at radius 1 is 1.12 bits per heavy atom. The Labute approximate surface area is 191 Å². The molecular formula is C28H37N3O. The molecule has 170 valence electrons. The van der Waals surface area contributed by atoms with Gasteiger partial charge in [0.2, 0.25) is 5.91 Å². The molecule has 0 radical (unpaired) electrons. The van der Waals surface area contributed by atoms with Gasteiger partial charge in [-0.3, -0.25) is 4.79 Å². The lowest BCUT2D eigenvalue weighted by atomic mass is 9.47. The zero-order chi connectivity index (χ0) is 22.3. The van der Waals surface area contributed by atoms with Gasteiger partial charge in [0.05, 0.1) is 11.0 Å². The normalized spacial score (nSPS) is 40.9. The van der Waals surface area contributed by atoms with Crippen LogP contribution in [0.15, 0.2) is 30.4 Å². The van der Waals surface area contributed by atoms with Gasteiger partial charge in [-0.15, -0.1) is 0 Å². The highest BCUT2D eigenvalue weighted by Crippen LogP contribution is 2.65. The second-order valence-electron chi connectivity index (χ2n) is 11.8. The molecule has 3 fully saturated rings. The zero-order valence-corrected chi connectivity index (χ0v) is 20.0. The predicted octanol–water partition coefficient (Wildman–Crippen LogP) is 5.67. The highest BCUT2D eigenvalue weighted by Gasteiger charge is 2.60. The minimum Gasteiger partial charge on any atom is -0.342 e. The zero-order valence-electron chi connectivity index (χ0n) is 20.0. The molecule has 4 nitrogen and oxygen atoms in total. The summed E-state index contributed by atoms with van der Waals surface area (Å²) in [5.74, 6) is 4.39. The molecule has 4 heteroatoms. The largest absolute Gasteiger partial charge is 0.342 e. The molecule has 2 unspecified atom stereocenters. The Morgan fingerprint density at radius 2 is 1.97 bits per heavy atom. The Morgan fingerprint density at radius 3 is 2.78 bits per heavy atom. The van der Waals surface area contributed by atoms with E-state index < -0.39 is 0 Å². The number of hydrogen-bond acceptors (Lipinski definition) is 2. The summed E-state index contributed by atoms with van der Waals surface area (Å²) in [4.78, 5) is 23.0. The minimum atomic E-state index is 0.140. The average molecular weight is 432 g/mol. The first kappa shape index (κ1) is 20.5. The summed E-state index contributed by atoms with van der Waals surface area (Å²) < 4.78 is 0. The van der Waals surface area contributed by atoms with Gasteiger partial charge in [0.1, 0.15) is 5.82 Å². The van der Waals surface area contributed by atoms with Crippen molar-refractivity contribution >= 4 is 16.9 Å². The van der Waals surface area contributed by atoms with Gasteiger partial charge in [0, 0.05) is 24.9 Å². The smallest absolute Gasteiger partial charge is 0.246 e. The van der Waals surface area contributed by atoms with Gasteiger partial charge in [-0.1, -0.05) is 32.1 Å². The van der Waals surface area contributed by atoms with Crippen LogP contribution in [0.4, 0.5) is 0 Å². The van der Waals surface area contributed by atoms with E-state index in [4.69, 9.17) is 4.98 Å². The van der Waals surface area contributed by atoms with E-state index in [9.17, 15) is 4.79 Å². The number of benzene rings is 1. The number of aryl methyl sites for hydroxylation is 1. The van der Waals surface area contributed by atoms with Crippen LogP contribution in [0.5, 0.6) is 0 Å². The molecule has 1 aliphatic heterocycles. The van der Waals surface area contributed by atoms with E-state index >= 15 is 0 Å². The van der Waals surface area contributed by atoms with Crippen molar-refractivity contribution in [3.05, 3.63) is 41.7 Å². The Balaban J connectivity index is 1.26. The van der Waals surface area contributed by atoms with E-state index in [0.717, 1.165) is 30.2 Å². The van der Waals surface area contributed by atoms with E-state index in [1.807, 2.05) is 18.0 Å². The number of carbonyl (C=O) groups excluding carboxylic acids is 1. The quantitative estimate of drug-likeness (QED) is 0.666. The van der Waals surface area contributed by atoms with Gasteiger partial charge in [-0.25, -0.2) is 4.98 Å². The van der Waals surface area contributed by atoms with Crippen molar-refractivity contribution in [2.45, 2.75) is 71.8 Å². The molecule has 0 saturated heterocycles. The van der Waals surface area contributed by atoms with Crippen LogP contribution in [0.25, 0.3) is 11.0 Å². The Hall–Kier alpha value is -2.10. The average Bonchev–Trinajstić information content (AvgIpc) is 3.33. The molecule has 1 aromatic carbocycles. The summed E-state index contributed by atoms with van der Waals surface area (Å²) in [7, 11) is 2.02. The molecule has 0 bridgehead atoms. The van der Waals surface area contributed by atoms with Crippen molar-refractivity contribution in [3.8, 4) is 0 Å². The Bertz CT molecular complexity index is 1100. The number of nitrogens with zero attached hydrogens (tertiary/aromatic N) is 2. The number of rotatable bonds is 2. The van der Waals surface area contributed by atoms with Crippen LogP contribution < -0.4 is 0 Å². The van der Waals surface area contributed by atoms with Crippen LogP contribution in [0.1, 0.15) is 63.8 Å². The number of imidazole rings is 1. The van der Waals surface area contributed by atoms with Gasteiger partial charge in [-0.2, -0.15) is 0 Å². The number of hydrogen-bond donors (Lipinski definition) is 1. The molecule has 1 N–H and O–H groups in total. The van der Waals surface area contributed by atoms with Crippen LogP contribution >= 0.6 is 0 Å². The van der Waals surface area contributed by atoms with E-state index in [1.165, 1.54) is 49.0 Å². The molecule has 4 aliphatic rings. The number of H-pyrrole nitrogens is 1.